The van der Waals surface area contributed by atoms with E-state index in [1.807, 2.05) is 0 Å². The molecule has 2 heteroatoms. The van der Waals surface area contributed by atoms with E-state index >= 15 is 0 Å². The van der Waals surface area contributed by atoms with E-state index in [-0.39, 0.29) is 0 Å². The minimum atomic E-state index is -0.446. The number of hydrogen-bond acceptors (Lipinski definition) is 0. The van der Waals surface area contributed by atoms with Gasteiger partial charge < -0.3 is 0 Å². The number of benzene rings is 3. The van der Waals surface area contributed by atoms with Crippen LogP contribution in [-0.2, 0) is 18.3 Å². The molecule has 125 valence electrons. The normalized spacial score (nSPS) is 12.5. The maximum absolute atomic E-state index is 2.59. The van der Waals surface area contributed by atoms with Gasteiger partial charge in [0.15, 0.2) is 0 Å². The second-order valence-electron chi connectivity index (χ2n) is 5.57. The molecule has 0 amide bonds. The van der Waals surface area contributed by atoms with Crippen LogP contribution >= 0.6 is 7.92 Å². The summed E-state index contributed by atoms with van der Waals surface area (Å²) in [6.07, 6.45) is 7.46. The van der Waals surface area contributed by atoms with Crippen molar-refractivity contribution in [3.8, 4) is 0 Å². The minimum absolute atomic E-state index is 0.446. The van der Waals surface area contributed by atoms with Crippen LogP contribution < -0.4 is 15.9 Å². The van der Waals surface area contributed by atoms with Crippen molar-refractivity contribution in [3.63, 3.8) is 0 Å². The zero-order valence-corrected chi connectivity index (χ0v) is 16.5. The van der Waals surface area contributed by atoms with E-state index < -0.39 is 7.92 Å². The van der Waals surface area contributed by atoms with Crippen molar-refractivity contribution < 1.29 is 18.3 Å². The first-order valence-electron chi connectivity index (χ1n) is 8.30. The van der Waals surface area contributed by atoms with Crippen molar-refractivity contribution in [3.05, 3.63) is 113 Å². The van der Waals surface area contributed by atoms with Crippen molar-refractivity contribution in [1.29, 1.82) is 0 Å². The first kappa shape index (κ1) is 18.0. The summed E-state index contributed by atoms with van der Waals surface area (Å²) in [5.41, 5.74) is 0. The van der Waals surface area contributed by atoms with Crippen LogP contribution in [-0.4, -0.2) is 0 Å². The number of hydrogen-bond donors (Lipinski definition) is 0. The number of allylic oxidation sites excluding steroid dienone is 4. The van der Waals surface area contributed by atoms with Crippen LogP contribution in [0.5, 0.6) is 0 Å². The Labute approximate surface area is 161 Å². The summed E-state index contributed by atoms with van der Waals surface area (Å²) >= 11 is 2.59. The molecule has 25 heavy (non-hydrogen) atoms. The summed E-state index contributed by atoms with van der Waals surface area (Å²) in [5, 5.41) is 4.19. The van der Waals surface area contributed by atoms with E-state index in [9.17, 15) is 0 Å². The fourth-order valence-corrected chi connectivity index (χ4v) is 5.27. The summed E-state index contributed by atoms with van der Waals surface area (Å²) in [6, 6.07) is 32.3. The standard InChI is InChI=1S/C18H15P.C5H5.Ru/c1-4-10-16(11-5-1)19(17-12-6-2-7-13-17)18-14-8-3-9-15-18;1-2-4-5-3-1;/h1-15H;1-3H,4H2;. The van der Waals surface area contributed by atoms with Crippen LogP contribution in [0.4, 0.5) is 0 Å². The van der Waals surface area contributed by atoms with E-state index in [0.29, 0.717) is 0 Å². The molecule has 0 aliphatic heterocycles. The van der Waals surface area contributed by atoms with Crippen LogP contribution in [0, 0.1) is 0 Å². The summed E-state index contributed by atoms with van der Waals surface area (Å²) in [5.74, 6) is 0. The van der Waals surface area contributed by atoms with Crippen molar-refractivity contribution in [2.45, 2.75) is 6.42 Å². The molecule has 3 aromatic carbocycles. The van der Waals surface area contributed by atoms with Crippen LogP contribution in [0.25, 0.3) is 0 Å². The van der Waals surface area contributed by atoms with Gasteiger partial charge in [-0.1, -0.05) is 91.0 Å². The van der Waals surface area contributed by atoms with Gasteiger partial charge in [-0.3, -0.25) is 0 Å². The van der Waals surface area contributed by atoms with Gasteiger partial charge in [-0.05, 0) is 23.8 Å². The molecule has 0 radical (unpaired) electrons. The Kier molecular flexibility index (Phi) is 6.92. The Morgan fingerprint density at radius 3 is 1.24 bits per heavy atom. The Morgan fingerprint density at radius 2 is 1.00 bits per heavy atom. The average Bonchev–Trinajstić information content (AvgIpc) is 3.16. The molecule has 3 aromatic rings. The van der Waals surface area contributed by atoms with Crippen molar-refractivity contribution in [1.82, 2.24) is 0 Å². The summed E-state index contributed by atoms with van der Waals surface area (Å²) < 4.78 is 1.40. The topological polar surface area (TPSA) is 0 Å². The molecule has 0 spiro atoms. The monoisotopic (exact) mass is 429 g/mol. The van der Waals surface area contributed by atoms with Gasteiger partial charge in [-0.2, -0.15) is 0 Å². The Bertz CT molecular complexity index is 730. The van der Waals surface area contributed by atoms with Gasteiger partial charge in [0.25, 0.3) is 0 Å². The zero-order valence-electron chi connectivity index (χ0n) is 13.9. The molecule has 0 heterocycles. The zero-order chi connectivity index (χ0) is 17.3. The maximum Gasteiger partial charge on any atom is -0.0134 e. The molecule has 0 fully saturated rings. The molecule has 0 aromatic heterocycles. The van der Waals surface area contributed by atoms with Gasteiger partial charge in [0.05, 0.1) is 0 Å². The molecule has 0 saturated carbocycles. The Hall–Kier alpha value is -1.81. The molecule has 0 atom stereocenters. The third-order valence-corrected chi connectivity index (χ3v) is 6.85. The second kappa shape index (κ2) is 9.62. The SMILES string of the molecule is [Ru][C]1=CC=CC1.c1ccc(P(c2ccccc2)c2ccccc2)cc1. The van der Waals surface area contributed by atoms with Gasteiger partial charge in [-0.25, -0.2) is 0 Å². The van der Waals surface area contributed by atoms with Crippen LogP contribution in [0.15, 0.2) is 113 Å². The predicted molar refractivity (Wildman–Crippen MR) is 107 cm³/mol. The molecule has 0 bridgehead atoms. The number of rotatable bonds is 3. The minimum Gasteiger partial charge on any atom is -0.0622 e. The van der Waals surface area contributed by atoms with E-state index in [0.717, 1.165) is 6.42 Å². The largest absolute Gasteiger partial charge is 0.0622 e. The fourth-order valence-electron chi connectivity index (χ4n) is 2.59. The van der Waals surface area contributed by atoms with Gasteiger partial charge in [-0.15, -0.1) is 0 Å². The average molecular weight is 428 g/mol. The first-order chi connectivity index (χ1) is 12.3. The molecule has 0 unspecified atom stereocenters. The van der Waals surface area contributed by atoms with E-state index in [2.05, 4.69) is 128 Å². The van der Waals surface area contributed by atoms with E-state index in [1.54, 1.807) is 0 Å². The molecule has 1 aliphatic carbocycles. The Balaban J connectivity index is 0.000000258. The molecule has 0 N–H and O–H groups in total. The van der Waals surface area contributed by atoms with Crippen molar-refractivity contribution >= 4 is 23.8 Å². The van der Waals surface area contributed by atoms with Crippen LogP contribution in [0.1, 0.15) is 6.42 Å². The third-order valence-electron chi connectivity index (χ3n) is 3.76. The quantitative estimate of drug-likeness (QED) is 0.415. The molecule has 0 nitrogen and oxygen atoms in total. The first-order valence-corrected chi connectivity index (χ1v) is 10.5. The molecular formula is C23H20PRu. The molecular weight excluding hydrogens is 408 g/mol. The van der Waals surface area contributed by atoms with Crippen LogP contribution in [0.3, 0.4) is 0 Å². The van der Waals surface area contributed by atoms with Gasteiger partial charge in [0.2, 0.25) is 0 Å². The summed E-state index contributed by atoms with van der Waals surface area (Å²) in [7, 11) is -0.446. The van der Waals surface area contributed by atoms with Crippen LogP contribution in [0.2, 0.25) is 0 Å². The Morgan fingerprint density at radius 1 is 0.600 bits per heavy atom. The predicted octanol–water partition coefficient (Wildman–Crippen LogP) is 4.82. The fraction of sp³-hybridized carbons (Fsp3) is 0.0435. The van der Waals surface area contributed by atoms with Gasteiger partial charge >= 0.3 is 47.1 Å². The molecule has 4 rings (SSSR count). The van der Waals surface area contributed by atoms with E-state index in [1.165, 1.54) is 20.1 Å². The van der Waals surface area contributed by atoms with Gasteiger partial charge in [0.1, 0.15) is 0 Å². The van der Waals surface area contributed by atoms with Gasteiger partial charge in [0, 0.05) is 0 Å². The van der Waals surface area contributed by atoms with E-state index in [4.69, 9.17) is 0 Å². The summed E-state index contributed by atoms with van der Waals surface area (Å²) in [6.45, 7) is 0. The molecule has 0 saturated heterocycles. The van der Waals surface area contributed by atoms with Crippen molar-refractivity contribution in [2.75, 3.05) is 0 Å². The smallest absolute Gasteiger partial charge is 0.0134 e. The second-order valence-corrected chi connectivity index (χ2v) is 8.91. The summed E-state index contributed by atoms with van der Waals surface area (Å²) in [4.78, 5) is 0. The molecule has 1 aliphatic rings. The maximum atomic E-state index is 2.59. The van der Waals surface area contributed by atoms with Crippen molar-refractivity contribution in [2.24, 2.45) is 0 Å². The third kappa shape index (κ3) is 5.33.